The fraction of sp³-hybridized carbons (Fsp3) is 0.308. The highest BCUT2D eigenvalue weighted by atomic mass is 35.5. The summed E-state index contributed by atoms with van der Waals surface area (Å²) in [5.74, 6) is 0.863. The maximum Gasteiger partial charge on any atom is 0.177 e. The third-order valence-electron chi connectivity index (χ3n) is 3.27. The Labute approximate surface area is 122 Å². The van der Waals surface area contributed by atoms with Crippen molar-refractivity contribution in [2.45, 2.75) is 11.4 Å². The Bertz CT molecular complexity index is 808. The number of aliphatic imine (C=N–C) groups is 1. The van der Waals surface area contributed by atoms with Crippen LogP contribution in [0.4, 0.5) is 0 Å². The summed E-state index contributed by atoms with van der Waals surface area (Å²) in [4.78, 5) is 4.66. The normalized spacial score (nSPS) is 15.4. The molecule has 2 aromatic rings. The smallest absolute Gasteiger partial charge is 0.177 e. The van der Waals surface area contributed by atoms with E-state index in [4.69, 9.17) is 11.6 Å². The highest BCUT2D eigenvalue weighted by Gasteiger charge is 2.18. The second-order valence-electron chi connectivity index (χ2n) is 4.81. The molecule has 2 heterocycles. The Hall–Kier alpha value is -1.53. The molecule has 0 bridgehead atoms. The zero-order chi connectivity index (χ0) is 14.3. The van der Waals surface area contributed by atoms with Crippen LogP contribution in [0.2, 0.25) is 5.02 Å². The van der Waals surface area contributed by atoms with Crippen molar-refractivity contribution in [1.29, 1.82) is 0 Å². The lowest BCUT2D eigenvalue weighted by Crippen LogP contribution is -2.23. The Kier molecular flexibility index (Phi) is 3.22. The molecule has 7 heteroatoms. The first-order chi connectivity index (χ1) is 9.45. The maximum absolute atomic E-state index is 11.9. The van der Waals surface area contributed by atoms with Crippen molar-refractivity contribution in [3.63, 3.8) is 0 Å². The van der Waals surface area contributed by atoms with Crippen LogP contribution in [0.15, 0.2) is 34.3 Å². The Morgan fingerprint density at radius 3 is 2.90 bits per heavy atom. The van der Waals surface area contributed by atoms with Crippen molar-refractivity contribution >= 4 is 38.2 Å². The summed E-state index contributed by atoms with van der Waals surface area (Å²) in [6.07, 6.45) is 2.87. The van der Waals surface area contributed by atoms with Gasteiger partial charge in [0.2, 0.25) is 0 Å². The number of hydrogen-bond donors (Lipinski definition) is 1. The van der Waals surface area contributed by atoms with Crippen LogP contribution in [0.3, 0.4) is 0 Å². The number of aromatic nitrogens is 1. The molecule has 0 unspecified atom stereocenters. The molecule has 0 spiro atoms. The van der Waals surface area contributed by atoms with E-state index in [1.807, 2.05) is 4.57 Å². The lowest BCUT2D eigenvalue weighted by atomic mass is 10.2. The molecule has 0 saturated carbocycles. The number of sulfone groups is 1. The molecule has 106 valence electrons. The first kappa shape index (κ1) is 13.5. The summed E-state index contributed by atoms with van der Waals surface area (Å²) in [6.45, 7) is 2.11. The largest absolute Gasteiger partial charge is 0.370 e. The van der Waals surface area contributed by atoms with Crippen LogP contribution < -0.4 is 5.32 Å². The van der Waals surface area contributed by atoms with E-state index in [1.54, 1.807) is 24.4 Å². The van der Waals surface area contributed by atoms with Gasteiger partial charge >= 0.3 is 0 Å². The molecule has 1 aliphatic rings. The second kappa shape index (κ2) is 4.79. The van der Waals surface area contributed by atoms with Gasteiger partial charge in [0.05, 0.1) is 23.5 Å². The van der Waals surface area contributed by atoms with Gasteiger partial charge in [0.1, 0.15) is 5.84 Å². The molecular weight excluding hydrogens is 298 g/mol. The van der Waals surface area contributed by atoms with E-state index >= 15 is 0 Å². The van der Waals surface area contributed by atoms with Crippen molar-refractivity contribution in [1.82, 2.24) is 9.88 Å². The number of rotatable bonds is 3. The van der Waals surface area contributed by atoms with Crippen LogP contribution in [0.1, 0.15) is 0 Å². The van der Waals surface area contributed by atoms with Crippen molar-refractivity contribution < 1.29 is 8.42 Å². The van der Waals surface area contributed by atoms with Gasteiger partial charge in [0.15, 0.2) is 9.84 Å². The molecule has 0 fully saturated rings. The molecule has 0 saturated heterocycles. The van der Waals surface area contributed by atoms with Crippen LogP contribution in [0.25, 0.3) is 10.9 Å². The van der Waals surface area contributed by atoms with E-state index in [-0.39, 0.29) is 0 Å². The first-order valence-corrected chi connectivity index (χ1v) is 8.48. The van der Waals surface area contributed by atoms with Crippen LogP contribution in [0.5, 0.6) is 0 Å². The summed E-state index contributed by atoms with van der Waals surface area (Å²) in [5, 5.41) is 4.45. The molecule has 1 N–H and O–H groups in total. The quantitative estimate of drug-likeness (QED) is 0.938. The third kappa shape index (κ3) is 2.41. The molecule has 0 amide bonds. The Morgan fingerprint density at radius 2 is 2.25 bits per heavy atom. The molecule has 5 nitrogen and oxygen atoms in total. The highest BCUT2D eigenvalue weighted by Crippen LogP contribution is 2.28. The summed E-state index contributed by atoms with van der Waals surface area (Å²) >= 11 is 6.02. The lowest BCUT2D eigenvalue weighted by Gasteiger charge is -2.05. The van der Waals surface area contributed by atoms with Gasteiger partial charge < -0.3 is 9.88 Å². The summed E-state index contributed by atoms with van der Waals surface area (Å²) in [6, 6.07) is 5.23. The minimum atomic E-state index is -3.28. The number of fused-ring (bicyclic) bond motifs is 1. The minimum absolute atomic E-state index is 0.322. The summed E-state index contributed by atoms with van der Waals surface area (Å²) in [7, 11) is -3.28. The average Bonchev–Trinajstić information content (AvgIpc) is 2.97. The highest BCUT2D eigenvalue weighted by molar-refractivity contribution is 7.91. The third-order valence-corrected chi connectivity index (χ3v) is 4.63. The van der Waals surface area contributed by atoms with E-state index in [1.165, 1.54) is 6.26 Å². The van der Waals surface area contributed by atoms with E-state index in [9.17, 15) is 8.42 Å². The summed E-state index contributed by atoms with van der Waals surface area (Å²) in [5.41, 5.74) is 0.800. The predicted molar refractivity (Wildman–Crippen MR) is 80.4 cm³/mol. The standard InChI is InChI=1S/C13H14ClN3O2S/c1-20(18,19)12-7-17(8-13-15-4-5-16-13)11-6-9(14)2-3-10(11)12/h2-3,6-7H,4-5,8H2,1H3,(H,15,16). The van der Waals surface area contributed by atoms with E-state index < -0.39 is 9.84 Å². The second-order valence-corrected chi connectivity index (χ2v) is 7.23. The first-order valence-electron chi connectivity index (χ1n) is 6.21. The molecule has 0 aliphatic carbocycles. The fourth-order valence-electron chi connectivity index (χ4n) is 2.37. The van der Waals surface area contributed by atoms with Crippen LogP contribution >= 0.6 is 11.6 Å². The molecule has 1 aromatic heterocycles. The van der Waals surface area contributed by atoms with Gasteiger partial charge in [-0.25, -0.2) is 8.42 Å². The maximum atomic E-state index is 11.9. The predicted octanol–water partition coefficient (Wildman–Crippen LogP) is 1.70. The van der Waals surface area contributed by atoms with Crippen LogP contribution in [-0.2, 0) is 16.4 Å². The Morgan fingerprint density at radius 1 is 1.45 bits per heavy atom. The van der Waals surface area contributed by atoms with Gasteiger partial charge in [-0.15, -0.1) is 0 Å². The molecule has 20 heavy (non-hydrogen) atoms. The number of amidine groups is 1. The summed E-state index contributed by atoms with van der Waals surface area (Å²) < 4.78 is 25.7. The van der Waals surface area contributed by atoms with Gasteiger partial charge in [-0.3, -0.25) is 4.99 Å². The number of halogens is 1. The fourth-order valence-corrected chi connectivity index (χ4v) is 3.43. The molecular formula is C13H14ClN3O2S. The number of hydrogen-bond acceptors (Lipinski definition) is 4. The van der Waals surface area contributed by atoms with E-state index in [0.717, 1.165) is 24.4 Å². The Balaban J connectivity index is 2.18. The zero-order valence-corrected chi connectivity index (χ0v) is 12.5. The number of nitrogens with one attached hydrogen (secondary N) is 1. The minimum Gasteiger partial charge on any atom is -0.370 e. The molecule has 1 aromatic carbocycles. The van der Waals surface area contributed by atoms with Gasteiger partial charge in [-0.1, -0.05) is 17.7 Å². The van der Waals surface area contributed by atoms with Gasteiger partial charge in [0, 0.05) is 29.4 Å². The van der Waals surface area contributed by atoms with Crippen LogP contribution in [-0.4, -0.2) is 38.2 Å². The molecule has 0 radical (unpaired) electrons. The zero-order valence-electron chi connectivity index (χ0n) is 10.9. The van der Waals surface area contributed by atoms with Crippen LogP contribution in [0, 0.1) is 0 Å². The van der Waals surface area contributed by atoms with Crippen molar-refractivity contribution in [2.24, 2.45) is 4.99 Å². The van der Waals surface area contributed by atoms with E-state index in [2.05, 4.69) is 10.3 Å². The van der Waals surface area contributed by atoms with E-state index in [0.29, 0.717) is 21.8 Å². The molecule has 1 aliphatic heterocycles. The topological polar surface area (TPSA) is 63.5 Å². The van der Waals surface area contributed by atoms with Gasteiger partial charge in [-0.05, 0) is 12.1 Å². The van der Waals surface area contributed by atoms with Gasteiger partial charge in [-0.2, -0.15) is 0 Å². The van der Waals surface area contributed by atoms with Crippen molar-refractivity contribution in [2.75, 3.05) is 19.3 Å². The average molecular weight is 312 g/mol. The lowest BCUT2D eigenvalue weighted by molar-refractivity contribution is 0.602. The van der Waals surface area contributed by atoms with Crippen molar-refractivity contribution in [3.8, 4) is 0 Å². The SMILES string of the molecule is CS(=O)(=O)c1cn(CC2=NCCN2)c2cc(Cl)ccc12. The molecule has 3 rings (SSSR count). The number of benzene rings is 1. The van der Waals surface area contributed by atoms with Crippen molar-refractivity contribution in [3.05, 3.63) is 29.4 Å². The van der Waals surface area contributed by atoms with Gasteiger partial charge in [0.25, 0.3) is 0 Å². The number of nitrogens with zero attached hydrogens (tertiary/aromatic N) is 2. The molecule has 0 atom stereocenters. The monoisotopic (exact) mass is 311 g/mol.